The fraction of sp³-hybridized carbons (Fsp3) is 0.727. The molecule has 1 aliphatic heterocycles. The molecule has 2 amide bonds. The molecule has 7 nitrogen and oxygen atoms in total. The third kappa shape index (κ3) is 4.60. The van der Waals surface area contributed by atoms with Crippen LogP contribution in [0.5, 0.6) is 0 Å². The van der Waals surface area contributed by atoms with Gasteiger partial charge in [-0.1, -0.05) is 0 Å². The van der Waals surface area contributed by atoms with E-state index < -0.39 is 23.7 Å². The highest BCUT2D eigenvalue weighted by Crippen LogP contribution is 2.12. The highest BCUT2D eigenvalue weighted by Gasteiger charge is 2.32. The molecular formula is C11H18N2O5. The van der Waals surface area contributed by atoms with Gasteiger partial charge in [0.15, 0.2) is 0 Å². The Bertz CT molecular complexity index is 361. The van der Waals surface area contributed by atoms with Crippen molar-refractivity contribution in [3.63, 3.8) is 0 Å². The molecule has 1 rings (SSSR count). The van der Waals surface area contributed by atoms with Crippen LogP contribution in [0.4, 0.5) is 4.79 Å². The van der Waals surface area contributed by atoms with Crippen molar-refractivity contribution in [3.8, 4) is 0 Å². The Hall–Kier alpha value is -1.79. The van der Waals surface area contributed by atoms with Crippen molar-refractivity contribution in [2.45, 2.75) is 38.8 Å². The minimum Gasteiger partial charge on any atom is -0.480 e. The van der Waals surface area contributed by atoms with E-state index in [2.05, 4.69) is 5.32 Å². The SMILES string of the molecule is CC(C)(C)OC(=O)NC1CC(=O)N(CC(=O)O)C1. The molecule has 7 heteroatoms. The van der Waals surface area contributed by atoms with E-state index in [1.807, 2.05) is 0 Å². The van der Waals surface area contributed by atoms with Crippen molar-refractivity contribution in [1.29, 1.82) is 0 Å². The zero-order valence-electron chi connectivity index (χ0n) is 10.7. The quantitative estimate of drug-likeness (QED) is 0.753. The van der Waals surface area contributed by atoms with Gasteiger partial charge < -0.3 is 20.1 Å². The number of nitrogens with one attached hydrogen (secondary N) is 1. The van der Waals surface area contributed by atoms with Gasteiger partial charge in [-0.15, -0.1) is 0 Å². The van der Waals surface area contributed by atoms with Gasteiger partial charge >= 0.3 is 12.1 Å². The molecule has 1 aliphatic rings. The highest BCUT2D eigenvalue weighted by atomic mass is 16.6. The number of amides is 2. The Kier molecular flexibility index (Phi) is 4.15. The molecular weight excluding hydrogens is 240 g/mol. The number of carboxylic acids is 1. The van der Waals surface area contributed by atoms with Gasteiger partial charge in [-0.2, -0.15) is 0 Å². The highest BCUT2D eigenvalue weighted by molar-refractivity contribution is 5.84. The lowest BCUT2D eigenvalue weighted by atomic mass is 10.2. The van der Waals surface area contributed by atoms with Gasteiger partial charge in [0.2, 0.25) is 5.91 Å². The molecule has 1 atom stereocenters. The first-order valence-corrected chi connectivity index (χ1v) is 5.66. The molecule has 0 radical (unpaired) electrons. The average molecular weight is 258 g/mol. The Labute approximate surface area is 105 Å². The van der Waals surface area contributed by atoms with Crippen molar-refractivity contribution in [3.05, 3.63) is 0 Å². The molecule has 0 spiro atoms. The normalized spacial score (nSPS) is 19.8. The predicted octanol–water partition coefficient (Wildman–Crippen LogP) is 0.197. The smallest absolute Gasteiger partial charge is 0.407 e. The maximum atomic E-state index is 11.5. The second-order valence-electron chi connectivity index (χ2n) is 5.22. The third-order valence-corrected chi connectivity index (χ3v) is 2.26. The number of rotatable bonds is 3. The average Bonchev–Trinajstić information content (AvgIpc) is 2.41. The number of carboxylic acid groups (broad SMARTS) is 1. The molecule has 102 valence electrons. The number of aliphatic carboxylic acids is 1. The Morgan fingerprint density at radius 2 is 2.11 bits per heavy atom. The molecule has 0 bridgehead atoms. The second kappa shape index (κ2) is 5.24. The van der Waals surface area contributed by atoms with Gasteiger partial charge in [0.25, 0.3) is 0 Å². The summed E-state index contributed by atoms with van der Waals surface area (Å²) < 4.78 is 5.06. The van der Waals surface area contributed by atoms with E-state index in [-0.39, 0.29) is 25.4 Å². The number of carbonyl (C=O) groups excluding carboxylic acids is 2. The van der Waals surface area contributed by atoms with E-state index in [1.165, 1.54) is 4.90 Å². The summed E-state index contributed by atoms with van der Waals surface area (Å²) in [7, 11) is 0. The van der Waals surface area contributed by atoms with Crippen LogP contribution in [-0.4, -0.2) is 52.7 Å². The molecule has 0 aromatic carbocycles. The summed E-state index contributed by atoms with van der Waals surface area (Å²) >= 11 is 0. The van der Waals surface area contributed by atoms with Crippen LogP contribution in [0.2, 0.25) is 0 Å². The zero-order chi connectivity index (χ0) is 13.9. The van der Waals surface area contributed by atoms with Crippen LogP contribution >= 0.6 is 0 Å². The molecule has 0 saturated carbocycles. The molecule has 2 N–H and O–H groups in total. The summed E-state index contributed by atoms with van der Waals surface area (Å²) in [6.45, 7) is 5.07. The summed E-state index contributed by atoms with van der Waals surface area (Å²) in [5.74, 6) is -1.35. The van der Waals surface area contributed by atoms with Gasteiger partial charge in [0, 0.05) is 13.0 Å². The molecule has 0 aromatic rings. The summed E-state index contributed by atoms with van der Waals surface area (Å²) in [6.07, 6.45) is -0.496. The molecule has 1 fully saturated rings. The van der Waals surface area contributed by atoms with Crippen LogP contribution in [0.25, 0.3) is 0 Å². The van der Waals surface area contributed by atoms with E-state index in [0.29, 0.717) is 0 Å². The monoisotopic (exact) mass is 258 g/mol. The topological polar surface area (TPSA) is 95.9 Å². The first-order chi connectivity index (χ1) is 8.17. The van der Waals surface area contributed by atoms with Gasteiger partial charge in [-0.05, 0) is 20.8 Å². The van der Waals surface area contributed by atoms with Crippen LogP contribution in [-0.2, 0) is 14.3 Å². The molecule has 1 heterocycles. The van der Waals surface area contributed by atoms with Crippen molar-refractivity contribution in [2.75, 3.05) is 13.1 Å². The summed E-state index contributed by atoms with van der Waals surface area (Å²) in [4.78, 5) is 34.6. The first-order valence-electron chi connectivity index (χ1n) is 5.66. The lowest BCUT2D eigenvalue weighted by Crippen LogP contribution is -2.41. The van der Waals surface area contributed by atoms with Crippen LogP contribution in [0.15, 0.2) is 0 Å². The fourth-order valence-electron chi connectivity index (χ4n) is 1.66. The van der Waals surface area contributed by atoms with E-state index in [1.54, 1.807) is 20.8 Å². The van der Waals surface area contributed by atoms with Gasteiger partial charge in [-0.3, -0.25) is 9.59 Å². The van der Waals surface area contributed by atoms with Crippen LogP contribution in [0.3, 0.4) is 0 Å². The lowest BCUT2D eigenvalue weighted by molar-refractivity contribution is -0.142. The Morgan fingerprint density at radius 3 is 2.61 bits per heavy atom. The molecule has 0 aromatic heterocycles. The largest absolute Gasteiger partial charge is 0.480 e. The van der Waals surface area contributed by atoms with Crippen molar-refractivity contribution < 1.29 is 24.2 Å². The summed E-state index contributed by atoms with van der Waals surface area (Å²) in [5.41, 5.74) is -0.604. The van der Waals surface area contributed by atoms with Crippen LogP contribution < -0.4 is 5.32 Å². The first kappa shape index (κ1) is 14.3. The number of likely N-dealkylation sites (tertiary alicyclic amines) is 1. The molecule has 0 aliphatic carbocycles. The van der Waals surface area contributed by atoms with Gasteiger partial charge in [-0.25, -0.2) is 4.79 Å². The van der Waals surface area contributed by atoms with Gasteiger partial charge in [0.1, 0.15) is 12.1 Å². The number of ether oxygens (including phenoxy) is 1. The molecule has 18 heavy (non-hydrogen) atoms. The molecule has 1 saturated heterocycles. The Balaban J connectivity index is 2.44. The number of hydrogen-bond donors (Lipinski definition) is 2. The predicted molar refractivity (Wildman–Crippen MR) is 62.0 cm³/mol. The minimum atomic E-state index is -1.07. The maximum Gasteiger partial charge on any atom is 0.407 e. The standard InChI is InChI=1S/C11H18N2O5/c1-11(2,3)18-10(17)12-7-4-8(14)13(5-7)6-9(15)16/h7H,4-6H2,1-3H3,(H,12,17)(H,15,16). The Morgan fingerprint density at radius 1 is 1.50 bits per heavy atom. The number of hydrogen-bond acceptors (Lipinski definition) is 4. The van der Waals surface area contributed by atoms with Crippen LogP contribution in [0, 0.1) is 0 Å². The summed E-state index contributed by atoms with van der Waals surface area (Å²) in [6, 6.07) is -0.397. The zero-order valence-corrected chi connectivity index (χ0v) is 10.7. The van der Waals surface area contributed by atoms with Crippen molar-refractivity contribution >= 4 is 18.0 Å². The van der Waals surface area contributed by atoms with E-state index >= 15 is 0 Å². The summed E-state index contributed by atoms with van der Waals surface area (Å²) in [5, 5.41) is 11.2. The maximum absolute atomic E-state index is 11.5. The van der Waals surface area contributed by atoms with E-state index in [9.17, 15) is 14.4 Å². The lowest BCUT2D eigenvalue weighted by Gasteiger charge is -2.21. The van der Waals surface area contributed by atoms with Crippen LogP contribution in [0.1, 0.15) is 27.2 Å². The van der Waals surface area contributed by atoms with E-state index in [0.717, 1.165) is 0 Å². The minimum absolute atomic E-state index is 0.104. The second-order valence-corrected chi connectivity index (χ2v) is 5.22. The number of nitrogens with zero attached hydrogens (tertiary/aromatic N) is 1. The number of carbonyl (C=O) groups is 3. The third-order valence-electron chi connectivity index (χ3n) is 2.26. The fourth-order valence-corrected chi connectivity index (χ4v) is 1.66. The molecule has 1 unspecified atom stereocenters. The van der Waals surface area contributed by atoms with Crippen molar-refractivity contribution in [2.24, 2.45) is 0 Å². The van der Waals surface area contributed by atoms with E-state index in [4.69, 9.17) is 9.84 Å². The van der Waals surface area contributed by atoms with Gasteiger partial charge in [0.05, 0.1) is 6.04 Å². The van der Waals surface area contributed by atoms with Crippen molar-refractivity contribution in [1.82, 2.24) is 10.2 Å². The number of alkyl carbamates (subject to hydrolysis) is 1.